The van der Waals surface area contributed by atoms with Gasteiger partial charge in [0.05, 0.1) is 12.8 Å². The maximum atomic E-state index is 12.5. The van der Waals surface area contributed by atoms with Crippen LogP contribution in [-0.2, 0) is 10.9 Å². The van der Waals surface area contributed by atoms with Gasteiger partial charge in [-0.3, -0.25) is 0 Å². The van der Waals surface area contributed by atoms with Crippen molar-refractivity contribution >= 4 is 6.09 Å². The Hall–Kier alpha value is -1.99. The van der Waals surface area contributed by atoms with Crippen molar-refractivity contribution in [3.05, 3.63) is 24.0 Å². The van der Waals surface area contributed by atoms with Crippen molar-refractivity contribution in [2.45, 2.75) is 32.5 Å². The van der Waals surface area contributed by atoms with Gasteiger partial charge in [-0.2, -0.15) is 13.2 Å². The van der Waals surface area contributed by atoms with Gasteiger partial charge in [-0.15, -0.1) is 0 Å². The van der Waals surface area contributed by atoms with Crippen molar-refractivity contribution in [2.75, 3.05) is 19.7 Å². The van der Waals surface area contributed by atoms with Crippen LogP contribution >= 0.6 is 0 Å². The zero-order chi connectivity index (χ0) is 18.4. The highest BCUT2D eigenvalue weighted by Crippen LogP contribution is 2.51. The van der Waals surface area contributed by atoms with Crippen LogP contribution in [0.5, 0.6) is 5.75 Å². The van der Waals surface area contributed by atoms with E-state index in [0.717, 1.165) is 12.3 Å². The molecule has 5 nitrogen and oxygen atoms in total. The Labute approximate surface area is 144 Å². The van der Waals surface area contributed by atoms with Crippen LogP contribution < -0.4 is 4.74 Å². The molecule has 1 saturated heterocycles. The number of nitrogens with zero attached hydrogens (tertiary/aromatic N) is 2. The van der Waals surface area contributed by atoms with Crippen LogP contribution in [0.1, 0.15) is 26.5 Å². The summed E-state index contributed by atoms with van der Waals surface area (Å²) in [6.45, 7) is 7.19. The van der Waals surface area contributed by atoms with E-state index in [2.05, 4.69) is 4.98 Å². The molecule has 1 aromatic heterocycles. The zero-order valence-corrected chi connectivity index (χ0v) is 14.3. The molecule has 0 bridgehead atoms. The van der Waals surface area contributed by atoms with E-state index in [1.54, 1.807) is 4.90 Å². The van der Waals surface area contributed by atoms with Crippen LogP contribution in [0.4, 0.5) is 18.0 Å². The van der Waals surface area contributed by atoms with Crippen LogP contribution in [0.25, 0.3) is 0 Å². The number of carbonyl (C=O) groups excluding carboxylic acids is 1. The smallest absolute Gasteiger partial charge is 0.433 e. The molecule has 2 atom stereocenters. The summed E-state index contributed by atoms with van der Waals surface area (Å²) in [6, 6.07) is 2.19. The number of hydrogen-bond donors (Lipinski definition) is 0. The Morgan fingerprint density at radius 3 is 2.36 bits per heavy atom. The van der Waals surface area contributed by atoms with Crippen molar-refractivity contribution in [3.63, 3.8) is 0 Å². The van der Waals surface area contributed by atoms with E-state index in [-0.39, 0.29) is 6.09 Å². The van der Waals surface area contributed by atoms with Gasteiger partial charge in [0.1, 0.15) is 17.0 Å². The standard InChI is InChI=1S/C17H21F3N2O3/c1-16(2,3)25-15(23)22-7-11-12(8-22)13(11)9-24-10-4-5-14(21-6-10)17(18,19)20/h4-6,11-13H,7-9H2,1-3H3. The van der Waals surface area contributed by atoms with Gasteiger partial charge in [0.25, 0.3) is 0 Å². The van der Waals surface area contributed by atoms with Crippen LogP contribution in [0.3, 0.4) is 0 Å². The molecule has 1 aliphatic heterocycles. The average molecular weight is 358 g/mol. The minimum Gasteiger partial charge on any atom is -0.492 e. The zero-order valence-electron chi connectivity index (χ0n) is 14.3. The van der Waals surface area contributed by atoms with Gasteiger partial charge in [0, 0.05) is 19.0 Å². The van der Waals surface area contributed by atoms with Crippen molar-refractivity contribution in [2.24, 2.45) is 17.8 Å². The molecule has 1 saturated carbocycles. The average Bonchev–Trinajstić information content (AvgIpc) is 2.93. The molecule has 138 valence electrons. The van der Waals surface area contributed by atoms with E-state index >= 15 is 0 Å². The van der Waals surface area contributed by atoms with Crippen LogP contribution in [-0.4, -0.2) is 41.3 Å². The van der Waals surface area contributed by atoms with Gasteiger partial charge in [-0.1, -0.05) is 0 Å². The molecular weight excluding hydrogens is 337 g/mol. The predicted molar refractivity (Wildman–Crippen MR) is 83.0 cm³/mol. The molecular formula is C17H21F3N2O3. The lowest BCUT2D eigenvalue weighted by Gasteiger charge is -2.25. The second-order valence-corrected chi connectivity index (χ2v) is 7.56. The van der Waals surface area contributed by atoms with E-state index in [0.29, 0.717) is 43.2 Å². The number of alkyl halides is 3. The van der Waals surface area contributed by atoms with Crippen LogP contribution in [0.2, 0.25) is 0 Å². The molecule has 0 spiro atoms. The second-order valence-electron chi connectivity index (χ2n) is 7.56. The number of piperidine rings is 1. The number of pyridine rings is 1. The number of amides is 1. The van der Waals surface area contributed by atoms with Gasteiger partial charge in [-0.25, -0.2) is 9.78 Å². The molecule has 1 aliphatic carbocycles. The molecule has 1 amide bonds. The van der Waals surface area contributed by atoms with E-state index in [4.69, 9.17) is 9.47 Å². The van der Waals surface area contributed by atoms with Gasteiger partial charge in [-0.05, 0) is 44.7 Å². The number of hydrogen-bond acceptors (Lipinski definition) is 4. The fourth-order valence-electron chi connectivity index (χ4n) is 3.20. The molecule has 25 heavy (non-hydrogen) atoms. The van der Waals surface area contributed by atoms with Crippen molar-refractivity contribution in [1.29, 1.82) is 0 Å². The lowest BCUT2D eigenvalue weighted by atomic mass is 10.2. The Kier molecular flexibility index (Phi) is 4.33. The first-order chi connectivity index (χ1) is 11.5. The van der Waals surface area contributed by atoms with Crippen LogP contribution in [0.15, 0.2) is 18.3 Å². The molecule has 8 heteroatoms. The topological polar surface area (TPSA) is 51.7 Å². The highest BCUT2D eigenvalue weighted by Gasteiger charge is 2.57. The van der Waals surface area contributed by atoms with Crippen molar-refractivity contribution in [1.82, 2.24) is 9.88 Å². The number of likely N-dealkylation sites (tertiary alicyclic amines) is 1. The predicted octanol–water partition coefficient (Wildman–Crippen LogP) is 3.59. The van der Waals surface area contributed by atoms with Gasteiger partial charge < -0.3 is 14.4 Å². The third kappa shape index (κ3) is 4.16. The molecule has 2 unspecified atom stereocenters. The molecule has 1 aromatic rings. The van der Waals surface area contributed by atoms with E-state index in [9.17, 15) is 18.0 Å². The van der Waals surface area contributed by atoms with E-state index < -0.39 is 17.5 Å². The fraction of sp³-hybridized carbons (Fsp3) is 0.647. The third-order valence-electron chi connectivity index (χ3n) is 4.49. The maximum Gasteiger partial charge on any atom is 0.433 e. The summed E-state index contributed by atoms with van der Waals surface area (Å²) in [5, 5.41) is 0. The Morgan fingerprint density at radius 2 is 1.88 bits per heavy atom. The number of fused-ring (bicyclic) bond motifs is 1. The summed E-state index contributed by atoms with van der Waals surface area (Å²) in [6.07, 6.45) is -3.66. The SMILES string of the molecule is CC(C)(C)OC(=O)N1CC2C(COc3ccc(C(F)(F)F)nc3)C2C1. The number of ether oxygens (including phenoxy) is 2. The number of aromatic nitrogens is 1. The summed E-state index contributed by atoms with van der Waals surface area (Å²) in [4.78, 5) is 17.1. The number of halogens is 3. The Bertz CT molecular complexity index is 628. The highest BCUT2D eigenvalue weighted by molar-refractivity contribution is 5.69. The molecule has 3 rings (SSSR count). The largest absolute Gasteiger partial charge is 0.492 e. The molecule has 0 N–H and O–H groups in total. The molecule has 0 radical (unpaired) electrons. The number of carbonyl (C=O) groups is 1. The highest BCUT2D eigenvalue weighted by atomic mass is 19.4. The Balaban J connectivity index is 1.44. The van der Waals surface area contributed by atoms with Crippen LogP contribution in [0, 0.1) is 17.8 Å². The summed E-state index contributed by atoms with van der Waals surface area (Å²) >= 11 is 0. The third-order valence-corrected chi connectivity index (χ3v) is 4.49. The van der Waals surface area contributed by atoms with Crippen molar-refractivity contribution < 1.29 is 27.4 Å². The minimum absolute atomic E-state index is 0.300. The Morgan fingerprint density at radius 1 is 1.24 bits per heavy atom. The summed E-state index contributed by atoms with van der Waals surface area (Å²) in [5.74, 6) is 1.38. The van der Waals surface area contributed by atoms with Gasteiger partial charge in [0.15, 0.2) is 0 Å². The molecule has 0 aromatic carbocycles. The van der Waals surface area contributed by atoms with E-state index in [1.807, 2.05) is 20.8 Å². The van der Waals surface area contributed by atoms with Gasteiger partial charge in [0.2, 0.25) is 0 Å². The van der Waals surface area contributed by atoms with E-state index in [1.165, 1.54) is 6.07 Å². The first-order valence-electron chi connectivity index (χ1n) is 8.18. The molecule has 2 aliphatic rings. The molecule has 2 heterocycles. The summed E-state index contributed by atoms with van der Waals surface area (Å²) in [5.41, 5.74) is -1.45. The lowest BCUT2D eigenvalue weighted by Crippen LogP contribution is -2.37. The minimum atomic E-state index is -4.45. The first-order valence-corrected chi connectivity index (χ1v) is 8.18. The quantitative estimate of drug-likeness (QED) is 0.829. The fourth-order valence-corrected chi connectivity index (χ4v) is 3.20. The molecule has 2 fully saturated rings. The first kappa shape index (κ1) is 17.8. The maximum absolute atomic E-state index is 12.5. The summed E-state index contributed by atoms with van der Waals surface area (Å²) in [7, 11) is 0. The normalized spacial score (nSPS) is 25.5. The summed E-state index contributed by atoms with van der Waals surface area (Å²) < 4.78 is 48.3. The lowest BCUT2D eigenvalue weighted by molar-refractivity contribution is -0.141. The number of rotatable bonds is 3. The second kappa shape index (κ2) is 6.07. The van der Waals surface area contributed by atoms with Crippen molar-refractivity contribution in [3.8, 4) is 5.75 Å². The van der Waals surface area contributed by atoms with Gasteiger partial charge >= 0.3 is 12.3 Å². The monoisotopic (exact) mass is 358 g/mol.